The molecule has 2 heterocycles. The maximum Gasteiger partial charge on any atom is 0.220 e. The van der Waals surface area contributed by atoms with Crippen molar-refractivity contribution in [3.8, 4) is 5.75 Å². The first kappa shape index (κ1) is 17.4. The second kappa shape index (κ2) is 8.60. The Bertz CT molecular complexity index is 666. The van der Waals surface area contributed by atoms with Gasteiger partial charge in [-0.05, 0) is 51.2 Å². The van der Waals surface area contributed by atoms with E-state index in [2.05, 4.69) is 20.4 Å². The highest BCUT2D eigenvalue weighted by atomic mass is 16.5. The predicted molar refractivity (Wildman–Crippen MR) is 93.0 cm³/mol. The number of hydrogen-bond acceptors (Lipinski definition) is 5. The molecule has 1 aliphatic rings. The number of amides is 1. The lowest BCUT2D eigenvalue weighted by molar-refractivity contribution is -0.122. The van der Waals surface area contributed by atoms with E-state index in [1.165, 1.54) is 6.33 Å². The summed E-state index contributed by atoms with van der Waals surface area (Å²) in [6.45, 7) is 2.68. The van der Waals surface area contributed by atoms with Crippen LogP contribution in [-0.4, -0.2) is 37.8 Å². The minimum atomic E-state index is 0.118. The van der Waals surface area contributed by atoms with Gasteiger partial charge in [-0.25, -0.2) is 4.98 Å². The van der Waals surface area contributed by atoms with Crippen molar-refractivity contribution in [2.24, 2.45) is 0 Å². The van der Waals surface area contributed by atoms with Gasteiger partial charge in [-0.3, -0.25) is 14.5 Å². The molecule has 0 saturated heterocycles. The number of nitrogens with one attached hydrogen (secondary N) is 1. The minimum absolute atomic E-state index is 0.118. The maximum atomic E-state index is 12.1. The normalized spacial score (nSPS) is 20.2. The van der Waals surface area contributed by atoms with Gasteiger partial charge in [-0.2, -0.15) is 5.10 Å². The highest BCUT2D eigenvalue weighted by Crippen LogP contribution is 2.25. The van der Waals surface area contributed by atoms with E-state index in [9.17, 15) is 4.79 Å². The number of nitrogens with zero attached hydrogens (tertiary/aromatic N) is 4. The summed E-state index contributed by atoms with van der Waals surface area (Å²) in [5.74, 6) is 0.982. The number of aromatic nitrogens is 4. The van der Waals surface area contributed by atoms with Crippen LogP contribution in [-0.2, 0) is 11.3 Å². The fourth-order valence-electron chi connectivity index (χ4n) is 3.15. The zero-order chi connectivity index (χ0) is 17.5. The third kappa shape index (κ3) is 5.27. The van der Waals surface area contributed by atoms with Gasteiger partial charge in [0.2, 0.25) is 5.91 Å². The smallest absolute Gasteiger partial charge is 0.220 e. The molecule has 0 bridgehead atoms. The van der Waals surface area contributed by atoms with Crippen molar-refractivity contribution in [3.63, 3.8) is 0 Å². The van der Waals surface area contributed by atoms with Crippen LogP contribution in [0.25, 0.3) is 0 Å². The molecule has 0 aliphatic heterocycles. The Kier molecular flexibility index (Phi) is 5.98. The fourth-order valence-corrected chi connectivity index (χ4v) is 3.15. The number of carbonyl (C=O) groups is 1. The Morgan fingerprint density at radius 3 is 2.92 bits per heavy atom. The first-order valence-corrected chi connectivity index (χ1v) is 8.91. The summed E-state index contributed by atoms with van der Waals surface area (Å²) in [5.41, 5.74) is 0.922. The molecule has 7 nitrogen and oxygen atoms in total. The van der Waals surface area contributed by atoms with Crippen LogP contribution in [0, 0.1) is 6.92 Å². The molecule has 2 aromatic heterocycles. The third-order valence-corrected chi connectivity index (χ3v) is 4.55. The van der Waals surface area contributed by atoms with E-state index in [0.717, 1.165) is 50.1 Å². The lowest BCUT2D eigenvalue weighted by Gasteiger charge is -2.29. The predicted octanol–water partition coefficient (Wildman–Crippen LogP) is 2.27. The number of ether oxygens (including phenoxy) is 1. The van der Waals surface area contributed by atoms with Crippen LogP contribution in [0.4, 0.5) is 0 Å². The summed E-state index contributed by atoms with van der Waals surface area (Å²) >= 11 is 0. The third-order valence-electron chi connectivity index (χ3n) is 4.55. The van der Waals surface area contributed by atoms with Crippen LogP contribution < -0.4 is 10.1 Å². The largest absolute Gasteiger partial charge is 0.489 e. The van der Waals surface area contributed by atoms with Gasteiger partial charge < -0.3 is 10.1 Å². The van der Waals surface area contributed by atoms with Gasteiger partial charge in [0.25, 0.3) is 0 Å². The van der Waals surface area contributed by atoms with E-state index in [1.54, 1.807) is 17.2 Å². The highest BCUT2D eigenvalue weighted by molar-refractivity contribution is 5.76. The molecular weight excluding hydrogens is 318 g/mol. The van der Waals surface area contributed by atoms with E-state index >= 15 is 0 Å². The molecule has 1 N–H and O–H groups in total. The number of carbonyl (C=O) groups excluding carboxylic acids is 1. The van der Waals surface area contributed by atoms with Crippen LogP contribution in [0.1, 0.15) is 44.2 Å². The van der Waals surface area contributed by atoms with Crippen molar-refractivity contribution >= 4 is 5.91 Å². The first-order valence-electron chi connectivity index (χ1n) is 8.91. The summed E-state index contributed by atoms with van der Waals surface area (Å²) in [7, 11) is 0. The van der Waals surface area contributed by atoms with Gasteiger partial charge in [0.05, 0.1) is 11.8 Å². The van der Waals surface area contributed by atoms with E-state index in [-0.39, 0.29) is 18.1 Å². The van der Waals surface area contributed by atoms with Gasteiger partial charge >= 0.3 is 0 Å². The number of pyridine rings is 1. The molecule has 7 heteroatoms. The molecule has 0 radical (unpaired) electrons. The summed E-state index contributed by atoms with van der Waals surface area (Å²) in [6.07, 6.45) is 10.3. The van der Waals surface area contributed by atoms with Crippen LogP contribution in [0.15, 0.2) is 31.0 Å². The van der Waals surface area contributed by atoms with Gasteiger partial charge in [0.1, 0.15) is 18.4 Å². The zero-order valence-electron chi connectivity index (χ0n) is 14.6. The Hall–Kier alpha value is -2.44. The molecule has 0 aromatic carbocycles. The van der Waals surface area contributed by atoms with E-state index in [4.69, 9.17) is 4.74 Å². The van der Waals surface area contributed by atoms with Crippen molar-refractivity contribution in [1.82, 2.24) is 25.1 Å². The molecule has 1 amide bonds. The summed E-state index contributed by atoms with van der Waals surface area (Å²) < 4.78 is 7.80. The highest BCUT2D eigenvalue weighted by Gasteiger charge is 2.23. The van der Waals surface area contributed by atoms with Gasteiger partial charge in [0.15, 0.2) is 0 Å². The monoisotopic (exact) mass is 343 g/mol. The minimum Gasteiger partial charge on any atom is -0.489 e. The first-order chi connectivity index (χ1) is 12.2. The van der Waals surface area contributed by atoms with E-state index in [1.807, 2.05) is 19.1 Å². The van der Waals surface area contributed by atoms with Crippen LogP contribution in [0.2, 0.25) is 0 Å². The molecule has 134 valence electrons. The van der Waals surface area contributed by atoms with E-state index < -0.39 is 0 Å². The molecule has 1 fully saturated rings. The summed E-state index contributed by atoms with van der Waals surface area (Å²) in [5, 5.41) is 7.18. The molecular formula is C18H25N5O2. The molecule has 3 rings (SSSR count). The van der Waals surface area contributed by atoms with Crippen molar-refractivity contribution in [2.75, 3.05) is 0 Å². The van der Waals surface area contributed by atoms with Crippen LogP contribution in [0.5, 0.6) is 5.75 Å². The topological polar surface area (TPSA) is 81.9 Å². The lowest BCUT2D eigenvalue weighted by atomic mass is 9.92. The van der Waals surface area contributed by atoms with Gasteiger partial charge in [-0.15, -0.1) is 0 Å². The van der Waals surface area contributed by atoms with Crippen LogP contribution in [0.3, 0.4) is 0 Å². The molecule has 1 saturated carbocycles. The SMILES string of the molecule is Cc1ncccc1OC1CCC(NC(=O)CCCn2cncn2)CC1. The average molecular weight is 343 g/mol. The summed E-state index contributed by atoms with van der Waals surface area (Å²) in [6, 6.07) is 4.12. The molecule has 0 unspecified atom stereocenters. The van der Waals surface area contributed by atoms with Crippen molar-refractivity contribution in [2.45, 2.75) is 64.1 Å². The molecule has 2 aromatic rings. The Morgan fingerprint density at radius 2 is 2.20 bits per heavy atom. The number of aryl methyl sites for hydroxylation is 2. The lowest BCUT2D eigenvalue weighted by Crippen LogP contribution is -2.39. The molecule has 0 atom stereocenters. The van der Waals surface area contributed by atoms with Gasteiger partial charge in [-0.1, -0.05) is 0 Å². The number of rotatable bonds is 7. The van der Waals surface area contributed by atoms with Crippen LogP contribution >= 0.6 is 0 Å². The molecule has 25 heavy (non-hydrogen) atoms. The quantitative estimate of drug-likeness (QED) is 0.834. The van der Waals surface area contributed by atoms with Crippen molar-refractivity contribution in [3.05, 3.63) is 36.7 Å². The van der Waals surface area contributed by atoms with E-state index in [0.29, 0.717) is 6.42 Å². The fraction of sp³-hybridized carbons (Fsp3) is 0.556. The molecule has 1 aliphatic carbocycles. The van der Waals surface area contributed by atoms with Crippen molar-refractivity contribution < 1.29 is 9.53 Å². The Balaban J connectivity index is 1.34. The van der Waals surface area contributed by atoms with Crippen molar-refractivity contribution in [1.29, 1.82) is 0 Å². The second-order valence-electron chi connectivity index (χ2n) is 6.51. The molecule has 0 spiro atoms. The summed E-state index contributed by atoms with van der Waals surface area (Å²) in [4.78, 5) is 20.2. The average Bonchev–Trinajstić information content (AvgIpc) is 3.12. The maximum absolute atomic E-state index is 12.1. The second-order valence-corrected chi connectivity index (χ2v) is 6.51. The Labute approximate surface area is 147 Å². The van der Waals surface area contributed by atoms with Gasteiger partial charge in [0, 0.05) is 25.2 Å². The standard InChI is InChI=1S/C18H25N5O2/c1-14-17(4-2-10-20-14)25-16-8-6-15(7-9-16)22-18(24)5-3-11-23-13-19-12-21-23/h2,4,10,12-13,15-16H,3,5-9,11H2,1H3,(H,22,24). The Morgan fingerprint density at radius 1 is 1.36 bits per heavy atom. The zero-order valence-corrected chi connectivity index (χ0v) is 14.6. The number of hydrogen-bond donors (Lipinski definition) is 1.